The summed E-state index contributed by atoms with van der Waals surface area (Å²) in [6.45, 7) is 3.45. The fraction of sp³-hybridized carbons (Fsp3) is 0.238. The van der Waals surface area contributed by atoms with E-state index in [4.69, 9.17) is 4.74 Å². The highest BCUT2D eigenvalue weighted by atomic mass is 16.5. The van der Waals surface area contributed by atoms with Gasteiger partial charge in [-0.05, 0) is 43.7 Å². The fourth-order valence-corrected chi connectivity index (χ4v) is 2.79. The predicted octanol–water partition coefficient (Wildman–Crippen LogP) is 3.73. The Labute approximate surface area is 162 Å². The van der Waals surface area contributed by atoms with E-state index >= 15 is 0 Å². The van der Waals surface area contributed by atoms with E-state index in [-0.39, 0.29) is 17.4 Å². The van der Waals surface area contributed by atoms with Crippen LogP contribution >= 0.6 is 0 Å². The third-order valence-electron chi connectivity index (χ3n) is 4.25. The van der Waals surface area contributed by atoms with Crippen molar-refractivity contribution in [2.45, 2.75) is 32.8 Å². The number of fused-ring (bicyclic) bond motifs is 1. The van der Waals surface area contributed by atoms with Gasteiger partial charge in [-0.3, -0.25) is 14.7 Å². The zero-order valence-corrected chi connectivity index (χ0v) is 15.7. The van der Waals surface area contributed by atoms with Gasteiger partial charge in [-0.25, -0.2) is 4.79 Å². The third kappa shape index (κ3) is 4.25. The highest BCUT2D eigenvalue weighted by Gasteiger charge is 2.23. The van der Waals surface area contributed by atoms with E-state index in [0.29, 0.717) is 28.6 Å². The van der Waals surface area contributed by atoms with Crippen LogP contribution in [0.3, 0.4) is 0 Å². The van der Waals surface area contributed by atoms with E-state index < -0.39 is 12.1 Å². The number of nitrogens with zero attached hydrogens (tertiary/aromatic N) is 1. The Morgan fingerprint density at radius 3 is 2.54 bits per heavy atom. The van der Waals surface area contributed by atoms with Crippen LogP contribution in [0.1, 0.15) is 47.5 Å². The molecular weight excluding hydrogens is 358 g/mol. The number of esters is 1. The van der Waals surface area contributed by atoms with Gasteiger partial charge in [0.1, 0.15) is 0 Å². The number of nitrogens with one attached hydrogen (secondary N) is 2. The third-order valence-corrected chi connectivity index (χ3v) is 4.25. The lowest BCUT2D eigenvalue weighted by Crippen LogP contribution is -2.24. The molecule has 3 rings (SSSR count). The molecule has 0 aliphatic carbocycles. The minimum absolute atomic E-state index is 0.0740. The first-order chi connectivity index (χ1) is 13.5. The Hall–Kier alpha value is -3.48. The normalized spacial score (nSPS) is 11.8. The van der Waals surface area contributed by atoms with Crippen molar-refractivity contribution in [3.63, 3.8) is 0 Å². The van der Waals surface area contributed by atoms with Crippen LogP contribution in [0.5, 0.6) is 0 Å². The number of H-pyrrole nitrogens is 1. The number of Topliss-reactive ketones (excluding diaryl/α,β-unsaturated/α-hetero) is 1. The number of amides is 1. The number of hydrogen-bond donors (Lipinski definition) is 2. The molecule has 28 heavy (non-hydrogen) atoms. The van der Waals surface area contributed by atoms with Crippen molar-refractivity contribution in [3.8, 4) is 0 Å². The van der Waals surface area contributed by atoms with Crippen LogP contribution in [-0.2, 0) is 9.53 Å². The van der Waals surface area contributed by atoms with E-state index in [1.165, 1.54) is 6.92 Å². The van der Waals surface area contributed by atoms with Crippen LogP contribution in [0.2, 0.25) is 0 Å². The summed E-state index contributed by atoms with van der Waals surface area (Å²) in [6.07, 6.45) is 0.232. The van der Waals surface area contributed by atoms with Crippen molar-refractivity contribution < 1.29 is 19.1 Å². The molecule has 1 aromatic heterocycles. The van der Waals surface area contributed by atoms with Gasteiger partial charge >= 0.3 is 5.97 Å². The highest BCUT2D eigenvalue weighted by molar-refractivity contribution is 6.05. The van der Waals surface area contributed by atoms with Gasteiger partial charge in [0.2, 0.25) is 11.7 Å². The molecule has 0 fully saturated rings. The maximum absolute atomic E-state index is 12.6. The molecule has 0 saturated carbocycles. The Kier molecular flexibility index (Phi) is 5.84. The second kappa shape index (κ2) is 8.47. The molecule has 1 heterocycles. The number of hydrogen-bond acceptors (Lipinski definition) is 5. The number of aromatic amines is 1. The average molecular weight is 379 g/mol. The summed E-state index contributed by atoms with van der Waals surface area (Å²) in [6, 6.07) is 13.7. The summed E-state index contributed by atoms with van der Waals surface area (Å²) < 4.78 is 5.31. The lowest BCUT2D eigenvalue weighted by Gasteiger charge is -2.12. The van der Waals surface area contributed by atoms with Crippen molar-refractivity contribution in [3.05, 3.63) is 59.8 Å². The number of para-hydroxylation sites is 1. The molecule has 7 nitrogen and oxygen atoms in total. The van der Waals surface area contributed by atoms with Crippen LogP contribution in [0, 0.1) is 0 Å². The zero-order chi connectivity index (χ0) is 20.1. The molecular formula is C21H21N3O4. The second-order valence-corrected chi connectivity index (χ2v) is 6.41. The number of ketones is 1. The number of benzene rings is 2. The van der Waals surface area contributed by atoms with E-state index in [9.17, 15) is 14.4 Å². The summed E-state index contributed by atoms with van der Waals surface area (Å²) in [5, 5.41) is 10.1. The summed E-state index contributed by atoms with van der Waals surface area (Å²) in [5.41, 5.74) is 1.86. The largest absolute Gasteiger partial charge is 0.449 e. The Morgan fingerprint density at radius 2 is 1.82 bits per heavy atom. The maximum Gasteiger partial charge on any atom is 0.360 e. The van der Waals surface area contributed by atoms with Gasteiger partial charge in [0.05, 0.1) is 5.52 Å². The molecule has 0 bridgehead atoms. The first-order valence-corrected chi connectivity index (χ1v) is 9.07. The predicted molar refractivity (Wildman–Crippen MR) is 105 cm³/mol. The Bertz CT molecular complexity index is 1010. The van der Waals surface area contributed by atoms with Crippen LogP contribution in [0.15, 0.2) is 48.5 Å². The van der Waals surface area contributed by atoms with Crippen molar-refractivity contribution >= 4 is 34.3 Å². The van der Waals surface area contributed by atoms with Gasteiger partial charge in [-0.2, -0.15) is 5.10 Å². The maximum atomic E-state index is 12.6. The summed E-state index contributed by atoms with van der Waals surface area (Å²) in [4.78, 5) is 36.6. The fourth-order valence-electron chi connectivity index (χ4n) is 2.79. The van der Waals surface area contributed by atoms with Gasteiger partial charge in [0, 0.05) is 23.1 Å². The summed E-state index contributed by atoms with van der Waals surface area (Å²) in [5.74, 6) is -1.07. The zero-order valence-electron chi connectivity index (χ0n) is 15.7. The Balaban J connectivity index is 1.65. The first-order valence-electron chi connectivity index (χ1n) is 9.07. The van der Waals surface area contributed by atoms with Crippen molar-refractivity contribution in [2.75, 3.05) is 5.32 Å². The molecule has 0 saturated heterocycles. The monoisotopic (exact) mass is 379 g/mol. The molecule has 1 amide bonds. The SMILES string of the molecule is CCCC(=O)Nc1ccc(C(=O)[C@@H](C)OC(=O)c2n[nH]c3ccccc23)cc1. The standard InChI is InChI=1S/C21H21N3O4/c1-3-6-18(25)22-15-11-9-14(10-12-15)20(26)13(2)28-21(27)19-16-7-4-5-8-17(16)23-24-19/h4-5,7-13H,3,6H2,1-2H3,(H,22,25)(H,23,24)/t13-/m1/s1. The molecule has 7 heteroatoms. The lowest BCUT2D eigenvalue weighted by molar-refractivity contribution is -0.116. The van der Waals surface area contributed by atoms with Crippen LogP contribution < -0.4 is 5.32 Å². The van der Waals surface area contributed by atoms with Gasteiger partial charge < -0.3 is 10.1 Å². The van der Waals surface area contributed by atoms with Gasteiger partial charge in [0.25, 0.3) is 0 Å². The minimum atomic E-state index is -0.969. The quantitative estimate of drug-likeness (QED) is 0.481. The number of ether oxygens (including phenoxy) is 1. The molecule has 0 unspecified atom stereocenters. The molecule has 1 atom stereocenters. The second-order valence-electron chi connectivity index (χ2n) is 6.41. The number of aromatic nitrogens is 2. The number of carbonyl (C=O) groups is 3. The molecule has 144 valence electrons. The van der Waals surface area contributed by atoms with Crippen molar-refractivity contribution in [1.82, 2.24) is 10.2 Å². The lowest BCUT2D eigenvalue weighted by atomic mass is 10.1. The van der Waals surface area contributed by atoms with Gasteiger partial charge in [-0.15, -0.1) is 0 Å². The molecule has 2 aromatic carbocycles. The molecule has 0 spiro atoms. The molecule has 0 aliphatic heterocycles. The average Bonchev–Trinajstić information content (AvgIpc) is 3.12. The molecule has 0 aliphatic rings. The van der Waals surface area contributed by atoms with E-state index in [2.05, 4.69) is 15.5 Å². The van der Waals surface area contributed by atoms with Crippen LogP contribution in [-0.4, -0.2) is 34.0 Å². The smallest absolute Gasteiger partial charge is 0.360 e. The first kappa shape index (κ1) is 19.3. The van der Waals surface area contributed by atoms with E-state index in [1.54, 1.807) is 42.5 Å². The van der Waals surface area contributed by atoms with Crippen molar-refractivity contribution in [2.24, 2.45) is 0 Å². The van der Waals surface area contributed by atoms with Crippen molar-refractivity contribution in [1.29, 1.82) is 0 Å². The number of carbonyl (C=O) groups excluding carboxylic acids is 3. The summed E-state index contributed by atoms with van der Waals surface area (Å²) >= 11 is 0. The number of anilines is 1. The van der Waals surface area contributed by atoms with E-state index in [1.807, 2.05) is 13.0 Å². The number of rotatable bonds is 7. The Morgan fingerprint density at radius 1 is 1.11 bits per heavy atom. The topological polar surface area (TPSA) is 101 Å². The molecule has 2 N–H and O–H groups in total. The van der Waals surface area contributed by atoms with Crippen LogP contribution in [0.25, 0.3) is 10.9 Å². The van der Waals surface area contributed by atoms with E-state index in [0.717, 1.165) is 6.42 Å². The van der Waals surface area contributed by atoms with Gasteiger partial charge in [-0.1, -0.05) is 25.1 Å². The summed E-state index contributed by atoms with van der Waals surface area (Å²) in [7, 11) is 0. The van der Waals surface area contributed by atoms with Gasteiger partial charge in [0.15, 0.2) is 11.8 Å². The highest BCUT2D eigenvalue weighted by Crippen LogP contribution is 2.18. The van der Waals surface area contributed by atoms with Crippen LogP contribution in [0.4, 0.5) is 5.69 Å². The molecule has 3 aromatic rings. The molecule has 0 radical (unpaired) electrons. The minimum Gasteiger partial charge on any atom is -0.449 e.